The third-order valence-electron chi connectivity index (χ3n) is 6.53. The second kappa shape index (κ2) is 11.3. The van der Waals surface area contributed by atoms with Crippen molar-refractivity contribution in [2.24, 2.45) is 0 Å². The van der Waals surface area contributed by atoms with E-state index in [0.29, 0.717) is 28.8 Å². The number of benzene rings is 3. The van der Waals surface area contributed by atoms with Crippen LogP contribution in [0.4, 0.5) is 35.1 Å². The van der Waals surface area contributed by atoms with Gasteiger partial charge < -0.3 is 4.57 Å². The third-order valence-corrected chi connectivity index (χ3v) is 8.24. The Kier molecular flexibility index (Phi) is 8.25. The molecule has 0 N–H and O–H groups in total. The summed E-state index contributed by atoms with van der Waals surface area (Å²) in [5, 5.41) is 9.37. The lowest BCUT2D eigenvalue weighted by molar-refractivity contribution is -0.138. The Morgan fingerprint density at radius 2 is 1.51 bits per heavy atom. The van der Waals surface area contributed by atoms with Gasteiger partial charge in [0, 0.05) is 11.6 Å². The Balaban J connectivity index is 2.01. The summed E-state index contributed by atoms with van der Waals surface area (Å²) in [4.78, 5) is 12.6. The van der Waals surface area contributed by atoms with E-state index in [-0.39, 0.29) is 22.3 Å². The highest BCUT2D eigenvalue weighted by Crippen LogP contribution is 2.37. The van der Waals surface area contributed by atoms with Crippen LogP contribution in [0.15, 0.2) is 76.4 Å². The molecule has 0 spiro atoms. The smallest absolute Gasteiger partial charge is 0.303 e. The van der Waals surface area contributed by atoms with E-state index in [1.165, 1.54) is 31.2 Å². The highest BCUT2D eigenvalue weighted by molar-refractivity contribution is 7.91. The van der Waals surface area contributed by atoms with Gasteiger partial charge in [0.25, 0.3) is 5.56 Å². The molecule has 43 heavy (non-hydrogen) atoms. The quantitative estimate of drug-likeness (QED) is 0.212. The van der Waals surface area contributed by atoms with Crippen LogP contribution in [0.1, 0.15) is 29.2 Å². The molecule has 0 saturated carbocycles. The first-order valence-corrected chi connectivity index (χ1v) is 13.9. The topological polar surface area (TPSA) is 79.9 Å². The number of nitriles is 1. The zero-order valence-electron chi connectivity index (χ0n) is 21.8. The molecule has 1 aromatic heterocycles. The largest absolute Gasteiger partial charge is 0.417 e. The summed E-state index contributed by atoms with van der Waals surface area (Å²) in [5.41, 5.74) is -6.89. The molecule has 14 heteroatoms. The van der Waals surface area contributed by atoms with Crippen molar-refractivity contribution in [1.29, 1.82) is 5.26 Å². The first kappa shape index (κ1) is 31.4. The number of sulfone groups is 1. The maximum atomic E-state index is 14.5. The predicted molar refractivity (Wildman–Crippen MR) is 139 cm³/mol. The number of hydrogen-bond acceptors (Lipinski definition) is 4. The molecule has 0 amide bonds. The Hall–Kier alpha value is -4.51. The standard InChI is InChI=1S/C29H18F8N2O3S/c1-2-43(41,42)22-10-19(9-20(11-22)28(32,33)34)16-4-3-5-17(8-16)26-13-24(29(35,36)37)23(14-38)27(40)39(26)15-18-6-7-21(30)12-25(18)31/h3-13H,2,15H2,1H3. The molecule has 0 aliphatic rings. The van der Waals surface area contributed by atoms with Crippen molar-refractivity contribution in [2.75, 3.05) is 5.75 Å². The number of hydrogen-bond donors (Lipinski definition) is 0. The van der Waals surface area contributed by atoms with E-state index in [0.717, 1.165) is 24.3 Å². The van der Waals surface area contributed by atoms with Crippen LogP contribution in [-0.2, 0) is 28.7 Å². The van der Waals surface area contributed by atoms with Crippen molar-refractivity contribution in [3.05, 3.63) is 111 Å². The number of alkyl halides is 6. The van der Waals surface area contributed by atoms with Gasteiger partial charge in [0.05, 0.1) is 34.0 Å². The fourth-order valence-electron chi connectivity index (χ4n) is 4.33. The molecule has 3 aromatic carbocycles. The van der Waals surface area contributed by atoms with Crippen LogP contribution in [0.5, 0.6) is 0 Å². The first-order chi connectivity index (χ1) is 20.0. The summed E-state index contributed by atoms with van der Waals surface area (Å²) in [6, 6.07) is 11.0. The van der Waals surface area contributed by atoms with Gasteiger partial charge in [-0.25, -0.2) is 17.2 Å². The molecule has 0 fully saturated rings. The average Bonchev–Trinajstić information content (AvgIpc) is 2.93. The SMILES string of the molecule is CCS(=O)(=O)c1cc(-c2cccc(-c3cc(C(F)(F)F)c(C#N)c(=O)n3Cc3ccc(F)cc3F)c2)cc(C(F)(F)F)c1. The van der Waals surface area contributed by atoms with E-state index in [9.17, 15) is 53.6 Å². The number of nitrogens with zero attached hydrogens (tertiary/aromatic N) is 2. The van der Waals surface area contributed by atoms with Crippen molar-refractivity contribution in [2.45, 2.75) is 30.7 Å². The fraction of sp³-hybridized carbons (Fsp3) is 0.172. The van der Waals surface area contributed by atoms with E-state index in [2.05, 4.69) is 0 Å². The van der Waals surface area contributed by atoms with Crippen LogP contribution >= 0.6 is 0 Å². The van der Waals surface area contributed by atoms with Gasteiger partial charge >= 0.3 is 12.4 Å². The van der Waals surface area contributed by atoms with Gasteiger partial charge in [-0.2, -0.15) is 31.6 Å². The summed E-state index contributed by atoms with van der Waals surface area (Å²) in [7, 11) is -4.12. The summed E-state index contributed by atoms with van der Waals surface area (Å²) < 4.78 is 136. The van der Waals surface area contributed by atoms with E-state index in [1.807, 2.05) is 0 Å². The van der Waals surface area contributed by atoms with Crippen LogP contribution in [-0.4, -0.2) is 18.7 Å². The molecule has 0 aliphatic carbocycles. The maximum absolute atomic E-state index is 14.5. The minimum atomic E-state index is -5.18. The monoisotopic (exact) mass is 626 g/mol. The van der Waals surface area contributed by atoms with Crippen LogP contribution in [0, 0.1) is 23.0 Å². The van der Waals surface area contributed by atoms with Crippen LogP contribution in [0.3, 0.4) is 0 Å². The molecule has 5 nitrogen and oxygen atoms in total. The maximum Gasteiger partial charge on any atom is 0.417 e. The fourth-order valence-corrected chi connectivity index (χ4v) is 5.27. The lowest BCUT2D eigenvalue weighted by Crippen LogP contribution is -2.29. The second-order valence-electron chi connectivity index (χ2n) is 9.28. The number of rotatable bonds is 6. The van der Waals surface area contributed by atoms with E-state index < -0.39 is 79.0 Å². The summed E-state index contributed by atoms with van der Waals surface area (Å²) in [6.07, 6.45) is -10.1. The molecule has 1 heterocycles. The average molecular weight is 627 g/mol. The normalized spacial score (nSPS) is 12.3. The third kappa shape index (κ3) is 6.46. The number of aromatic nitrogens is 1. The Bertz CT molecular complexity index is 1940. The number of halogens is 8. The molecule has 224 valence electrons. The molecule has 0 radical (unpaired) electrons. The van der Waals surface area contributed by atoms with Gasteiger partial charge in [0.2, 0.25) is 0 Å². The van der Waals surface area contributed by atoms with Crippen molar-refractivity contribution in [3.8, 4) is 28.5 Å². The summed E-state index contributed by atoms with van der Waals surface area (Å²) in [5.74, 6) is -2.60. The van der Waals surface area contributed by atoms with E-state index in [1.54, 1.807) is 0 Å². The molecule has 0 aliphatic heterocycles. The molecule has 0 atom stereocenters. The van der Waals surface area contributed by atoms with Crippen molar-refractivity contribution in [1.82, 2.24) is 4.57 Å². The highest BCUT2D eigenvalue weighted by Gasteiger charge is 2.37. The van der Waals surface area contributed by atoms with E-state index >= 15 is 0 Å². The molecular formula is C29H18F8N2O3S. The summed E-state index contributed by atoms with van der Waals surface area (Å²) >= 11 is 0. The molecule has 4 aromatic rings. The van der Waals surface area contributed by atoms with Gasteiger partial charge in [-0.1, -0.05) is 31.2 Å². The van der Waals surface area contributed by atoms with Gasteiger partial charge in [-0.3, -0.25) is 4.79 Å². The minimum Gasteiger partial charge on any atom is -0.303 e. The minimum absolute atomic E-state index is 0.0546. The van der Waals surface area contributed by atoms with Gasteiger partial charge in [0.1, 0.15) is 23.3 Å². The Labute approximate surface area is 239 Å². The van der Waals surface area contributed by atoms with Gasteiger partial charge in [-0.05, 0) is 53.1 Å². The second-order valence-corrected chi connectivity index (χ2v) is 11.6. The predicted octanol–water partition coefficient (Wildman–Crippen LogP) is 7.21. The van der Waals surface area contributed by atoms with Crippen LogP contribution in [0.25, 0.3) is 22.4 Å². The lowest BCUT2D eigenvalue weighted by Gasteiger charge is -2.19. The molecule has 0 bridgehead atoms. The van der Waals surface area contributed by atoms with Gasteiger partial charge in [-0.15, -0.1) is 0 Å². The van der Waals surface area contributed by atoms with Crippen LogP contribution < -0.4 is 5.56 Å². The molecular weight excluding hydrogens is 608 g/mol. The molecule has 0 unspecified atom stereocenters. The zero-order chi connectivity index (χ0) is 31.9. The Morgan fingerprint density at radius 1 is 0.837 bits per heavy atom. The Morgan fingerprint density at radius 3 is 2.09 bits per heavy atom. The lowest BCUT2D eigenvalue weighted by atomic mass is 9.98. The highest BCUT2D eigenvalue weighted by atomic mass is 32.2. The van der Waals surface area contributed by atoms with Crippen LogP contribution in [0.2, 0.25) is 0 Å². The zero-order valence-corrected chi connectivity index (χ0v) is 22.6. The first-order valence-electron chi connectivity index (χ1n) is 12.2. The van der Waals surface area contributed by atoms with Crippen molar-refractivity contribution < 1.29 is 43.5 Å². The van der Waals surface area contributed by atoms with E-state index in [4.69, 9.17) is 0 Å². The summed E-state index contributed by atoms with van der Waals surface area (Å²) in [6.45, 7) is 0.502. The van der Waals surface area contributed by atoms with Crippen molar-refractivity contribution in [3.63, 3.8) is 0 Å². The molecule has 4 rings (SSSR count). The number of pyridine rings is 1. The molecule has 0 saturated heterocycles. The van der Waals surface area contributed by atoms with Gasteiger partial charge in [0.15, 0.2) is 9.84 Å². The van der Waals surface area contributed by atoms with Crippen molar-refractivity contribution >= 4 is 9.84 Å².